The molecule has 1 atom stereocenters. The molecule has 1 aromatic carbocycles. The number of nitrogens with zero attached hydrogens (tertiary/aromatic N) is 2. The highest BCUT2D eigenvalue weighted by atomic mass is 16.5. The number of hydrogen-bond donors (Lipinski definition) is 0. The largest absolute Gasteiger partial charge is 0.378 e. The van der Waals surface area contributed by atoms with Gasteiger partial charge in [-0.25, -0.2) is 0 Å². The fourth-order valence-electron chi connectivity index (χ4n) is 4.17. The monoisotopic (exact) mass is 372 g/mol. The third kappa shape index (κ3) is 5.10. The minimum absolute atomic E-state index is 0.0576. The summed E-state index contributed by atoms with van der Waals surface area (Å²) in [4.78, 5) is 29.4. The molecule has 1 unspecified atom stereocenters. The van der Waals surface area contributed by atoms with E-state index in [4.69, 9.17) is 4.74 Å². The maximum absolute atomic E-state index is 12.9. The van der Waals surface area contributed by atoms with Crippen LogP contribution in [0.25, 0.3) is 0 Å². The molecule has 148 valence electrons. The first-order chi connectivity index (χ1) is 13.1. The number of rotatable bonds is 5. The van der Waals surface area contributed by atoms with Gasteiger partial charge < -0.3 is 14.5 Å². The first kappa shape index (κ1) is 19.9. The predicted molar refractivity (Wildman–Crippen MR) is 105 cm³/mol. The normalized spacial score (nSPS) is 20.0. The van der Waals surface area contributed by atoms with Crippen LogP contribution in [0.1, 0.15) is 44.6 Å². The van der Waals surface area contributed by atoms with Crippen molar-refractivity contribution in [2.75, 3.05) is 39.4 Å². The number of morpholine rings is 1. The Morgan fingerprint density at radius 3 is 2.22 bits per heavy atom. The van der Waals surface area contributed by atoms with Crippen molar-refractivity contribution in [2.45, 2.75) is 39.0 Å². The molecule has 0 radical (unpaired) electrons. The summed E-state index contributed by atoms with van der Waals surface area (Å²) in [6, 6.07) is 10.3. The van der Waals surface area contributed by atoms with E-state index in [-0.39, 0.29) is 23.7 Å². The number of hydrogen-bond acceptors (Lipinski definition) is 3. The van der Waals surface area contributed by atoms with Gasteiger partial charge in [-0.3, -0.25) is 9.59 Å². The zero-order valence-electron chi connectivity index (χ0n) is 16.6. The van der Waals surface area contributed by atoms with Gasteiger partial charge in [-0.2, -0.15) is 0 Å². The Labute approximate surface area is 162 Å². The second-order valence-electron chi connectivity index (χ2n) is 8.06. The lowest BCUT2D eigenvalue weighted by Gasteiger charge is -2.36. The molecular weight excluding hydrogens is 340 g/mol. The summed E-state index contributed by atoms with van der Waals surface area (Å²) in [5, 5.41) is 0. The highest BCUT2D eigenvalue weighted by Crippen LogP contribution is 2.29. The van der Waals surface area contributed by atoms with Gasteiger partial charge in [0, 0.05) is 38.5 Å². The lowest BCUT2D eigenvalue weighted by molar-refractivity contribution is -0.144. The quantitative estimate of drug-likeness (QED) is 0.799. The van der Waals surface area contributed by atoms with E-state index in [1.165, 1.54) is 5.56 Å². The standard InChI is InChI=1S/C22H32N2O3/c1-17(2)20(18-6-4-3-5-7-18)16-21(25)23-10-8-19(9-11-23)22(26)24-12-14-27-15-13-24/h3-7,17,19-20H,8-16H2,1-2H3. The van der Waals surface area contributed by atoms with Crippen LogP contribution in [-0.2, 0) is 14.3 Å². The average molecular weight is 373 g/mol. The van der Waals surface area contributed by atoms with Crippen molar-refractivity contribution in [2.24, 2.45) is 11.8 Å². The Kier molecular flexibility index (Phi) is 6.89. The molecule has 5 heteroatoms. The van der Waals surface area contributed by atoms with Gasteiger partial charge in [-0.05, 0) is 30.2 Å². The zero-order valence-corrected chi connectivity index (χ0v) is 16.6. The van der Waals surface area contributed by atoms with Gasteiger partial charge in [-0.15, -0.1) is 0 Å². The summed E-state index contributed by atoms with van der Waals surface area (Å²) < 4.78 is 5.33. The number of benzene rings is 1. The van der Waals surface area contributed by atoms with Crippen LogP contribution in [0.3, 0.4) is 0 Å². The molecule has 3 rings (SSSR count). The van der Waals surface area contributed by atoms with Crippen molar-refractivity contribution in [3.05, 3.63) is 35.9 Å². The summed E-state index contributed by atoms with van der Waals surface area (Å²) in [7, 11) is 0. The number of piperidine rings is 1. The minimum atomic E-state index is 0.0576. The average Bonchev–Trinajstić information content (AvgIpc) is 2.72. The molecule has 2 amide bonds. The second kappa shape index (κ2) is 9.36. The molecule has 5 nitrogen and oxygen atoms in total. The smallest absolute Gasteiger partial charge is 0.225 e. The van der Waals surface area contributed by atoms with Crippen molar-refractivity contribution in [1.82, 2.24) is 9.80 Å². The van der Waals surface area contributed by atoms with Crippen LogP contribution >= 0.6 is 0 Å². The summed E-state index contributed by atoms with van der Waals surface area (Å²) in [6.45, 7) is 8.42. The predicted octanol–water partition coefficient (Wildman–Crippen LogP) is 2.91. The van der Waals surface area contributed by atoms with Gasteiger partial charge in [0.2, 0.25) is 11.8 Å². The highest BCUT2D eigenvalue weighted by molar-refractivity contribution is 5.80. The molecule has 2 heterocycles. The van der Waals surface area contributed by atoms with Crippen LogP contribution in [-0.4, -0.2) is 61.0 Å². The maximum Gasteiger partial charge on any atom is 0.225 e. The van der Waals surface area contributed by atoms with Gasteiger partial charge in [0.05, 0.1) is 13.2 Å². The van der Waals surface area contributed by atoms with Gasteiger partial charge in [0.25, 0.3) is 0 Å². The lowest BCUT2D eigenvalue weighted by Crippen LogP contribution is -2.47. The third-order valence-corrected chi connectivity index (χ3v) is 5.95. The molecule has 2 saturated heterocycles. The third-order valence-electron chi connectivity index (χ3n) is 5.95. The first-order valence-corrected chi connectivity index (χ1v) is 10.3. The molecule has 0 aliphatic carbocycles. The van der Waals surface area contributed by atoms with Crippen molar-refractivity contribution in [3.63, 3.8) is 0 Å². The van der Waals surface area contributed by atoms with Crippen molar-refractivity contribution < 1.29 is 14.3 Å². The van der Waals surface area contributed by atoms with Crippen LogP contribution in [0.5, 0.6) is 0 Å². The van der Waals surface area contributed by atoms with Crippen LogP contribution in [0, 0.1) is 11.8 Å². The van der Waals surface area contributed by atoms with E-state index in [0.29, 0.717) is 51.7 Å². The highest BCUT2D eigenvalue weighted by Gasteiger charge is 2.31. The SMILES string of the molecule is CC(C)C(CC(=O)N1CCC(C(=O)N2CCOCC2)CC1)c1ccccc1. The van der Waals surface area contributed by atoms with Gasteiger partial charge in [0.15, 0.2) is 0 Å². The van der Waals surface area contributed by atoms with Crippen molar-refractivity contribution >= 4 is 11.8 Å². The summed E-state index contributed by atoms with van der Waals surface area (Å²) in [5.74, 6) is 1.18. The van der Waals surface area contributed by atoms with E-state index < -0.39 is 0 Å². The molecule has 2 aliphatic rings. The molecule has 0 bridgehead atoms. The van der Waals surface area contributed by atoms with Crippen LogP contribution < -0.4 is 0 Å². The number of ether oxygens (including phenoxy) is 1. The van der Waals surface area contributed by atoms with Gasteiger partial charge in [-0.1, -0.05) is 44.2 Å². The fraction of sp³-hybridized carbons (Fsp3) is 0.636. The van der Waals surface area contributed by atoms with Crippen molar-refractivity contribution in [3.8, 4) is 0 Å². The first-order valence-electron chi connectivity index (χ1n) is 10.3. The summed E-state index contributed by atoms with van der Waals surface area (Å²) in [5.41, 5.74) is 1.23. The molecule has 1 aromatic rings. The number of carbonyl (C=O) groups excluding carboxylic acids is 2. The topological polar surface area (TPSA) is 49.9 Å². The van der Waals surface area contributed by atoms with Crippen LogP contribution in [0.2, 0.25) is 0 Å². The fourth-order valence-corrected chi connectivity index (χ4v) is 4.17. The molecule has 0 saturated carbocycles. The molecule has 27 heavy (non-hydrogen) atoms. The summed E-state index contributed by atoms with van der Waals surface area (Å²) >= 11 is 0. The number of carbonyl (C=O) groups is 2. The van der Waals surface area contributed by atoms with E-state index in [2.05, 4.69) is 26.0 Å². The molecule has 2 fully saturated rings. The Balaban J connectivity index is 1.52. The maximum atomic E-state index is 12.9. The summed E-state index contributed by atoms with van der Waals surface area (Å²) in [6.07, 6.45) is 2.10. The van der Waals surface area contributed by atoms with Crippen LogP contribution in [0.15, 0.2) is 30.3 Å². The molecule has 2 aliphatic heterocycles. The Morgan fingerprint density at radius 2 is 1.63 bits per heavy atom. The van der Waals surface area contributed by atoms with E-state index in [1.807, 2.05) is 28.0 Å². The lowest BCUT2D eigenvalue weighted by atomic mass is 9.85. The Hall–Kier alpha value is -1.88. The molecule has 0 aromatic heterocycles. The van der Waals surface area contributed by atoms with E-state index in [9.17, 15) is 9.59 Å². The number of likely N-dealkylation sites (tertiary alicyclic amines) is 1. The van der Waals surface area contributed by atoms with Crippen LogP contribution in [0.4, 0.5) is 0 Å². The van der Waals surface area contributed by atoms with Gasteiger partial charge >= 0.3 is 0 Å². The molecule has 0 N–H and O–H groups in total. The Morgan fingerprint density at radius 1 is 1.00 bits per heavy atom. The minimum Gasteiger partial charge on any atom is -0.378 e. The Bertz CT molecular complexity index is 618. The van der Waals surface area contributed by atoms with E-state index in [0.717, 1.165) is 12.8 Å². The molecule has 0 spiro atoms. The zero-order chi connectivity index (χ0) is 19.2. The van der Waals surface area contributed by atoms with E-state index >= 15 is 0 Å². The second-order valence-corrected chi connectivity index (χ2v) is 8.06. The molecular formula is C22H32N2O3. The van der Waals surface area contributed by atoms with Crippen molar-refractivity contribution in [1.29, 1.82) is 0 Å². The van der Waals surface area contributed by atoms with Gasteiger partial charge in [0.1, 0.15) is 0 Å². The van der Waals surface area contributed by atoms with E-state index in [1.54, 1.807) is 0 Å². The number of amides is 2.